The van der Waals surface area contributed by atoms with E-state index in [2.05, 4.69) is 28.6 Å². The maximum atomic E-state index is 11.1. The van der Waals surface area contributed by atoms with Crippen LogP contribution in [0.25, 0.3) is 16.7 Å². The fourth-order valence-corrected chi connectivity index (χ4v) is 2.56. The molecule has 0 bridgehead atoms. The lowest BCUT2D eigenvalue weighted by atomic mass is 10.2. The van der Waals surface area contributed by atoms with E-state index in [4.69, 9.17) is 5.11 Å². The smallest absolute Gasteiger partial charge is 0.335 e. The van der Waals surface area contributed by atoms with Crippen molar-refractivity contribution in [3.05, 3.63) is 59.4 Å². The average molecular weight is 280 g/mol. The second-order valence-electron chi connectivity index (χ2n) is 5.06. The largest absolute Gasteiger partial charge is 0.478 e. The Morgan fingerprint density at radius 1 is 1.24 bits per heavy atom. The van der Waals surface area contributed by atoms with Gasteiger partial charge < -0.3 is 5.11 Å². The predicted octanol–water partition coefficient (Wildman–Crippen LogP) is 3.59. The number of benzene rings is 2. The van der Waals surface area contributed by atoms with Crippen molar-refractivity contribution < 1.29 is 9.90 Å². The SMILES string of the molecule is CCc1nc2cc(C(=O)O)ccc2n1-c1cccc(C)c1. The molecule has 3 aromatic rings. The molecule has 0 amide bonds. The second kappa shape index (κ2) is 5.05. The Labute approximate surface area is 122 Å². The van der Waals surface area contributed by atoms with E-state index in [0.29, 0.717) is 5.52 Å². The Kier molecular flexibility index (Phi) is 3.22. The molecule has 0 unspecified atom stereocenters. The lowest BCUT2D eigenvalue weighted by molar-refractivity contribution is 0.0697. The Balaban J connectivity index is 2.28. The van der Waals surface area contributed by atoms with E-state index < -0.39 is 5.97 Å². The summed E-state index contributed by atoms with van der Waals surface area (Å²) in [5.74, 6) is -0.00167. The van der Waals surface area contributed by atoms with Crippen LogP contribution in [0, 0.1) is 6.92 Å². The highest BCUT2D eigenvalue weighted by Gasteiger charge is 2.13. The number of fused-ring (bicyclic) bond motifs is 1. The Hall–Kier alpha value is -2.62. The third-order valence-electron chi connectivity index (χ3n) is 3.55. The highest BCUT2D eigenvalue weighted by Crippen LogP contribution is 2.23. The summed E-state index contributed by atoms with van der Waals surface area (Å²) in [7, 11) is 0. The molecule has 0 fully saturated rings. The Morgan fingerprint density at radius 2 is 2.05 bits per heavy atom. The van der Waals surface area contributed by atoms with Gasteiger partial charge in [0, 0.05) is 12.1 Å². The van der Waals surface area contributed by atoms with Gasteiger partial charge in [-0.25, -0.2) is 9.78 Å². The van der Waals surface area contributed by atoms with Gasteiger partial charge in [-0.15, -0.1) is 0 Å². The molecule has 0 aliphatic heterocycles. The van der Waals surface area contributed by atoms with E-state index in [1.807, 2.05) is 25.1 Å². The minimum absolute atomic E-state index is 0.263. The van der Waals surface area contributed by atoms with Gasteiger partial charge in [0.25, 0.3) is 0 Å². The fourth-order valence-electron chi connectivity index (χ4n) is 2.56. The summed E-state index contributed by atoms with van der Waals surface area (Å²) in [4.78, 5) is 15.7. The first kappa shape index (κ1) is 13.4. The summed E-state index contributed by atoms with van der Waals surface area (Å²) < 4.78 is 2.09. The summed E-state index contributed by atoms with van der Waals surface area (Å²) in [6, 6.07) is 13.3. The Morgan fingerprint density at radius 3 is 2.71 bits per heavy atom. The molecule has 0 saturated carbocycles. The van der Waals surface area contributed by atoms with Gasteiger partial charge >= 0.3 is 5.97 Å². The summed E-state index contributed by atoms with van der Waals surface area (Å²) in [5, 5.41) is 9.10. The molecule has 0 spiro atoms. The molecule has 4 heteroatoms. The van der Waals surface area contributed by atoms with Crippen molar-refractivity contribution in [2.75, 3.05) is 0 Å². The first-order valence-corrected chi connectivity index (χ1v) is 6.92. The summed E-state index contributed by atoms with van der Waals surface area (Å²) in [5.41, 5.74) is 4.14. The zero-order valence-corrected chi connectivity index (χ0v) is 12.0. The Bertz CT molecular complexity index is 834. The van der Waals surface area contributed by atoms with E-state index in [1.165, 1.54) is 5.56 Å². The number of carboxylic acids is 1. The monoisotopic (exact) mass is 280 g/mol. The molecule has 0 aliphatic carbocycles. The third-order valence-corrected chi connectivity index (χ3v) is 3.55. The lowest BCUT2D eigenvalue weighted by Gasteiger charge is -2.09. The van der Waals surface area contributed by atoms with Crippen LogP contribution in [0.4, 0.5) is 0 Å². The van der Waals surface area contributed by atoms with Crippen LogP contribution in [-0.4, -0.2) is 20.6 Å². The quantitative estimate of drug-likeness (QED) is 0.797. The zero-order chi connectivity index (χ0) is 15.0. The number of nitrogens with zero attached hydrogens (tertiary/aromatic N) is 2. The minimum atomic E-state index is -0.931. The van der Waals surface area contributed by atoms with E-state index in [9.17, 15) is 4.79 Å². The standard InChI is InChI=1S/C17H16N2O2/c1-3-16-18-14-10-12(17(20)21)7-8-15(14)19(16)13-6-4-5-11(2)9-13/h4-10H,3H2,1-2H3,(H,20,21). The maximum absolute atomic E-state index is 11.1. The van der Waals surface area contributed by atoms with Crippen molar-refractivity contribution in [3.63, 3.8) is 0 Å². The first-order chi connectivity index (χ1) is 10.1. The molecule has 21 heavy (non-hydrogen) atoms. The van der Waals surface area contributed by atoms with Crippen LogP contribution in [0.15, 0.2) is 42.5 Å². The van der Waals surface area contributed by atoms with Crippen molar-refractivity contribution >= 4 is 17.0 Å². The molecule has 2 aromatic carbocycles. The van der Waals surface area contributed by atoms with E-state index in [1.54, 1.807) is 12.1 Å². The van der Waals surface area contributed by atoms with Crippen LogP contribution in [0.1, 0.15) is 28.7 Å². The van der Waals surface area contributed by atoms with Crippen LogP contribution < -0.4 is 0 Å². The molecule has 0 atom stereocenters. The van der Waals surface area contributed by atoms with E-state index >= 15 is 0 Å². The van der Waals surface area contributed by atoms with Gasteiger partial charge in [-0.3, -0.25) is 4.57 Å². The number of aryl methyl sites for hydroxylation is 2. The summed E-state index contributed by atoms with van der Waals surface area (Å²) in [6.45, 7) is 4.10. The summed E-state index contributed by atoms with van der Waals surface area (Å²) >= 11 is 0. The molecule has 1 N–H and O–H groups in total. The fraction of sp³-hybridized carbons (Fsp3) is 0.176. The molecule has 0 saturated heterocycles. The van der Waals surface area contributed by atoms with Crippen LogP contribution in [-0.2, 0) is 6.42 Å². The van der Waals surface area contributed by atoms with Gasteiger partial charge in [-0.2, -0.15) is 0 Å². The topological polar surface area (TPSA) is 55.1 Å². The maximum Gasteiger partial charge on any atom is 0.335 e. The number of carbonyl (C=O) groups is 1. The molecule has 4 nitrogen and oxygen atoms in total. The molecule has 3 rings (SSSR count). The molecule has 0 aliphatic rings. The van der Waals surface area contributed by atoms with Crippen LogP contribution >= 0.6 is 0 Å². The van der Waals surface area contributed by atoms with E-state index in [-0.39, 0.29) is 5.56 Å². The molecule has 106 valence electrons. The molecule has 1 heterocycles. The van der Waals surface area contributed by atoms with Gasteiger partial charge in [0.2, 0.25) is 0 Å². The van der Waals surface area contributed by atoms with Gasteiger partial charge in [0.05, 0.1) is 16.6 Å². The van der Waals surface area contributed by atoms with Crippen LogP contribution in [0.2, 0.25) is 0 Å². The van der Waals surface area contributed by atoms with E-state index in [0.717, 1.165) is 23.4 Å². The average Bonchev–Trinajstić information content (AvgIpc) is 2.84. The molecule has 1 aromatic heterocycles. The predicted molar refractivity (Wildman–Crippen MR) is 82.1 cm³/mol. The van der Waals surface area contributed by atoms with Gasteiger partial charge in [-0.05, 0) is 42.8 Å². The number of imidazole rings is 1. The third kappa shape index (κ3) is 2.29. The van der Waals surface area contributed by atoms with Crippen molar-refractivity contribution in [3.8, 4) is 5.69 Å². The van der Waals surface area contributed by atoms with Crippen molar-refractivity contribution in [1.82, 2.24) is 9.55 Å². The van der Waals surface area contributed by atoms with Crippen molar-refractivity contribution in [1.29, 1.82) is 0 Å². The number of rotatable bonds is 3. The van der Waals surface area contributed by atoms with Crippen molar-refractivity contribution in [2.24, 2.45) is 0 Å². The number of hydrogen-bond acceptors (Lipinski definition) is 2. The number of aromatic nitrogens is 2. The highest BCUT2D eigenvalue weighted by molar-refractivity contribution is 5.92. The van der Waals surface area contributed by atoms with Crippen LogP contribution in [0.3, 0.4) is 0 Å². The minimum Gasteiger partial charge on any atom is -0.478 e. The lowest BCUT2D eigenvalue weighted by Crippen LogP contribution is -2.00. The van der Waals surface area contributed by atoms with Gasteiger partial charge in [0.15, 0.2) is 0 Å². The van der Waals surface area contributed by atoms with Gasteiger partial charge in [0.1, 0.15) is 5.82 Å². The number of aromatic carboxylic acids is 1. The molecular weight excluding hydrogens is 264 g/mol. The zero-order valence-electron chi connectivity index (χ0n) is 12.0. The number of carboxylic acid groups (broad SMARTS) is 1. The van der Waals surface area contributed by atoms with Crippen molar-refractivity contribution in [2.45, 2.75) is 20.3 Å². The highest BCUT2D eigenvalue weighted by atomic mass is 16.4. The first-order valence-electron chi connectivity index (χ1n) is 6.92. The normalized spacial score (nSPS) is 11.0. The summed E-state index contributed by atoms with van der Waals surface area (Å²) in [6.07, 6.45) is 0.783. The number of hydrogen-bond donors (Lipinski definition) is 1. The van der Waals surface area contributed by atoms with Gasteiger partial charge in [-0.1, -0.05) is 19.1 Å². The molecular formula is C17H16N2O2. The van der Waals surface area contributed by atoms with Crippen LogP contribution in [0.5, 0.6) is 0 Å². The second-order valence-corrected chi connectivity index (χ2v) is 5.06. The molecule has 0 radical (unpaired) electrons.